The van der Waals surface area contributed by atoms with E-state index < -0.39 is 0 Å². The average Bonchev–Trinajstić information content (AvgIpc) is 2.80. The van der Waals surface area contributed by atoms with Crippen molar-refractivity contribution in [3.63, 3.8) is 0 Å². The first-order valence-electron chi connectivity index (χ1n) is 6.34. The lowest BCUT2D eigenvalue weighted by molar-refractivity contribution is -0.157. The fraction of sp³-hybridized carbons (Fsp3) is 0.917. The van der Waals surface area contributed by atoms with E-state index in [1.165, 1.54) is 12.8 Å². The van der Waals surface area contributed by atoms with E-state index in [0.717, 1.165) is 25.9 Å². The summed E-state index contributed by atoms with van der Waals surface area (Å²) in [4.78, 5) is 11.5. The summed E-state index contributed by atoms with van der Waals surface area (Å²) in [6.45, 7) is 4.43. The third-order valence-corrected chi connectivity index (χ3v) is 3.51. The maximum atomic E-state index is 11.5. The van der Waals surface area contributed by atoms with Crippen molar-refractivity contribution < 1.29 is 14.3 Å². The molecule has 1 N–H and O–H groups in total. The molecular formula is C12H21NO3. The topological polar surface area (TPSA) is 47.6 Å². The summed E-state index contributed by atoms with van der Waals surface area (Å²) in [5, 5.41) is 3.35. The number of piperidine rings is 1. The van der Waals surface area contributed by atoms with Crippen LogP contribution in [0.5, 0.6) is 0 Å². The largest absolute Gasteiger partial charge is 0.464 e. The fourth-order valence-electron chi connectivity index (χ4n) is 2.63. The van der Waals surface area contributed by atoms with Crippen LogP contribution in [-0.2, 0) is 14.3 Å². The molecule has 16 heavy (non-hydrogen) atoms. The highest BCUT2D eigenvalue weighted by molar-refractivity contribution is 5.74. The Morgan fingerprint density at radius 3 is 2.75 bits per heavy atom. The molecule has 0 bridgehead atoms. The summed E-state index contributed by atoms with van der Waals surface area (Å²) < 4.78 is 10.8. The van der Waals surface area contributed by atoms with Crippen molar-refractivity contribution in [2.75, 3.05) is 19.7 Å². The Morgan fingerprint density at radius 2 is 2.06 bits per heavy atom. The SMILES string of the molecule is CCOC(=O)[C@@H]1CC[C@H](C2CCNCC2)O1. The number of carbonyl (C=O) groups is 1. The molecule has 0 aromatic carbocycles. The highest BCUT2D eigenvalue weighted by Crippen LogP contribution is 2.30. The van der Waals surface area contributed by atoms with Gasteiger partial charge in [-0.15, -0.1) is 0 Å². The molecule has 0 amide bonds. The molecule has 0 aromatic rings. The van der Waals surface area contributed by atoms with Crippen LogP contribution in [-0.4, -0.2) is 37.9 Å². The molecule has 0 aromatic heterocycles. The van der Waals surface area contributed by atoms with Gasteiger partial charge in [-0.2, -0.15) is 0 Å². The molecule has 4 nitrogen and oxygen atoms in total. The molecule has 0 aliphatic carbocycles. The van der Waals surface area contributed by atoms with Gasteiger partial charge in [0, 0.05) is 0 Å². The number of hydrogen-bond donors (Lipinski definition) is 1. The van der Waals surface area contributed by atoms with Crippen molar-refractivity contribution >= 4 is 5.97 Å². The minimum atomic E-state index is -0.306. The molecule has 4 heteroatoms. The van der Waals surface area contributed by atoms with Crippen LogP contribution in [0.1, 0.15) is 32.6 Å². The third kappa shape index (κ3) is 2.74. The van der Waals surface area contributed by atoms with Crippen molar-refractivity contribution in [2.24, 2.45) is 5.92 Å². The average molecular weight is 227 g/mol. The van der Waals surface area contributed by atoms with Crippen molar-refractivity contribution in [1.82, 2.24) is 5.32 Å². The van der Waals surface area contributed by atoms with Crippen LogP contribution < -0.4 is 5.32 Å². The van der Waals surface area contributed by atoms with Crippen molar-refractivity contribution in [3.8, 4) is 0 Å². The van der Waals surface area contributed by atoms with Gasteiger partial charge in [-0.1, -0.05) is 0 Å². The predicted molar refractivity (Wildman–Crippen MR) is 60.1 cm³/mol. The van der Waals surface area contributed by atoms with Gasteiger partial charge >= 0.3 is 5.97 Å². The van der Waals surface area contributed by atoms with Crippen LogP contribution >= 0.6 is 0 Å². The first-order chi connectivity index (χ1) is 7.81. The van der Waals surface area contributed by atoms with E-state index in [2.05, 4.69) is 5.32 Å². The van der Waals surface area contributed by atoms with E-state index in [1.54, 1.807) is 0 Å². The number of ether oxygens (including phenoxy) is 2. The quantitative estimate of drug-likeness (QED) is 0.733. The van der Waals surface area contributed by atoms with E-state index in [4.69, 9.17) is 9.47 Å². The van der Waals surface area contributed by atoms with Gasteiger partial charge in [0.05, 0.1) is 12.7 Å². The maximum absolute atomic E-state index is 11.5. The summed E-state index contributed by atoms with van der Waals surface area (Å²) in [5.41, 5.74) is 0. The fourth-order valence-corrected chi connectivity index (χ4v) is 2.63. The van der Waals surface area contributed by atoms with Gasteiger partial charge in [-0.25, -0.2) is 4.79 Å². The van der Waals surface area contributed by atoms with Crippen LogP contribution in [0.2, 0.25) is 0 Å². The van der Waals surface area contributed by atoms with Gasteiger partial charge in [-0.05, 0) is 51.6 Å². The van der Waals surface area contributed by atoms with E-state index in [9.17, 15) is 4.79 Å². The Hall–Kier alpha value is -0.610. The Kier molecular flexibility index (Phi) is 4.18. The summed E-state index contributed by atoms with van der Waals surface area (Å²) in [5.74, 6) is 0.444. The number of esters is 1. The zero-order valence-corrected chi connectivity index (χ0v) is 9.91. The first-order valence-corrected chi connectivity index (χ1v) is 6.34. The van der Waals surface area contributed by atoms with Crippen LogP contribution in [0, 0.1) is 5.92 Å². The highest BCUT2D eigenvalue weighted by Gasteiger charge is 2.36. The second-order valence-electron chi connectivity index (χ2n) is 4.58. The lowest BCUT2D eigenvalue weighted by atomic mass is 9.91. The second-order valence-corrected chi connectivity index (χ2v) is 4.58. The van der Waals surface area contributed by atoms with E-state index in [0.29, 0.717) is 12.5 Å². The normalized spacial score (nSPS) is 31.6. The molecule has 2 fully saturated rings. The Morgan fingerprint density at radius 1 is 1.31 bits per heavy atom. The minimum absolute atomic E-state index is 0.182. The molecule has 2 heterocycles. The standard InChI is InChI=1S/C12H21NO3/c1-2-15-12(14)11-4-3-10(16-11)9-5-7-13-8-6-9/h9-11,13H,2-8H2,1H3/t10-,11+/m1/s1. The molecule has 0 unspecified atom stereocenters. The van der Waals surface area contributed by atoms with E-state index in [-0.39, 0.29) is 18.2 Å². The highest BCUT2D eigenvalue weighted by atomic mass is 16.6. The van der Waals surface area contributed by atoms with E-state index in [1.807, 2.05) is 6.92 Å². The summed E-state index contributed by atoms with van der Waals surface area (Å²) in [6, 6.07) is 0. The van der Waals surface area contributed by atoms with Crippen LogP contribution in [0.25, 0.3) is 0 Å². The first kappa shape index (κ1) is 11.9. The molecule has 2 saturated heterocycles. The molecule has 0 saturated carbocycles. The molecule has 0 spiro atoms. The van der Waals surface area contributed by atoms with Gasteiger partial charge in [0.25, 0.3) is 0 Å². The van der Waals surface area contributed by atoms with Crippen molar-refractivity contribution in [2.45, 2.75) is 44.8 Å². The number of carbonyl (C=O) groups excluding carboxylic acids is 1. The van der Waals surface area contributed by atoms with E-state index >= 15 is 0 Å². The molecular weight excluding hydrogens is 206 g/mol. The molecule has 92 valence electrons. The van der Waals surface area contributed by atoms with Crippen LogP contribution in [0.4, 0.5) is 0 Å². The van der Waals surface area contributed by atoms with Crippen molar-refractivity contribution in [1.29, 1.82) is 0 Å². The Bertz CT molecular complexity index is 238. The minimum Gasteiger partial charge on any atom is -0.464 e. The van der Waals surface area contributed by atoms with Gasteiger partial charge in [0.2, 0.25) is 0 Å². The lowest BCUT2D eigenvalue weighted by Crippen LogP contribution is -2.35. The zero-order valence-electron chi connectivity index (χ0n) is 9.91. The maximum Gasteiger partial charge on any atom is 0.335 e. The van der Waals surface area contributed by atoms with Crippen LogP contribution in [0.3, 0.4) is 0 Å². The molecule has 2 rings (SSSR count). The molecule has 2 aliphatic rings. The van der Waals surface area contributed by atoms with Gasteiger partial charge in [0.15, 0.2) is 6.10 Å². The predicted octanol–water partition coefficient (Wildman–Crippen LogP) is 1.10. The Balaban J connectivity index is 1.80. The second kappa shape index (κ2) is 5.64. The molecule has 0 radical (unpaired) electrons. The summed E-state index contributed by atoms with van der Waals surface area (Å²) in [6.07, 6.45) is 4.14. The zero-order chi connectivity index (χ0) is 11.4. The van der Waals surface area contributed by atoms with Crippen LogP contribution in [0.15, 0.2) is 0 Å². The molecule has 2 aliphatic heterocycles. The monoisotopic (exact) mass is 227 g/mol. The summed E-state index contributed by atoms with van der Waals surface area (Å²) >= 11 is 0. The number of rotatable bonds is 3. The summed E-state index contributed by atoms with van der Waals surface area (Å²) in [7, 11) is 0. The number of hydrogen-bond acceptors (Lipinski definition) is 4. The van der Waals surface area contributed by atoms with Gasteiger partial charge in [-0.3, -0.25) is 0 Å². The Labute approximate surface area is 96.7 Å². The third-order valence-electron chi connectivity index (χ3n) is 3.51. The van der Waals surface area contributed by atoms with Gasteiger partial charge in [0.1, 0.15) is 0 Å². The lowest BCUT2D eigenvalue weighted by Gasteiger charge is -2.27. The molecule has 2 atom stereocenters. The number of nitrogens with one attached hydrogen (secondary N) is 1. The van der Waals surface area contributed by atoms with Gasteiger partial charge < -0.3 is 14.8 Å². The van der Waals surface area contributed by atoms with Crippen molar-refractivity contribution in [3.05, 3.63) is 0 Å². The smallest absolute Gasteiger partial charge is 0.335 e.